The number of hydrogen-bond donors (Lipinski definition) is 0. The number of aryl methyl sites for hydroxylation is 1. The Morgan fingerprint density at radius 1 is 0.419 bits per heavy atom. The summed E-state index contributed by atoms with van der Waals surface area (Å²) in [5.41, 5.74) is 11.3. The molecule has 3 heterocycles. The predicted molar refractivity (Wildman–Crippen MR) is 274 cm³/mol. The molecule has 13 rings (SSSR count). The number of para-hydroxylation sites is 2. The molecule has 3 heteroatoms. The fraction of sp³-hybridized carbons (Fsp3) is 0.0169. The molecule has 0 aliphatic heterocycles. The maximum Gasteiger partial charge on any atom is 0.0555 e. The van der Waals surface area contributed by atoms with Crippen LogP contribution in [0.25, 0.3) is 128 Å². The van der Waals surface area contributed by atoms with E-state index in [0.717, 1.165) is 0 Å². The molecule has 0 saturated heterocycles. The van der Waals surface area contributed by atoms with E-state index in [2.05, 4.69) is 200 Å². The van der Waals surface area contributed by atoms with E-state index in [9.17, 15) is 0 Å². The van der Waals surface area contributed by atoms with E-state index in [0.29, 0.717) is 0 Å². The summed E-state index contributed by atoms with van der Waals surface area (Å²) in [6.45, 7) is 6.10. The van der Waals surface area contributed by atoms with Crippen LogP contribution in [0.5, 0.6) is 0 Å². The highest BCUT2D eigenvalue weighted by atomic mass is 32.1. The van der Waals surface area contributed by atoms with Gasteiger partial charge in [-0.25, -0.2) is 0 Å². The summed E-state index contributed by atoms with van der Waals surface area (Å²) >= 11 is 3.80. The number of aromatic nitrogens is 1. The monoisotopic (exact) mass is 823 g/mol. The molecule has 3 aromatic heterocycles. The smallest absolute Gasteiger partial charge is 0.0555 e. The largest absolute Gasteiger partial charge is 0.309 e. The van der Waals surface area contributed by atoms with E-state index >= 15 is 0 Å². The minimum absolute atomic E-state index is 1.18. The highest BCUT2D eigenvalue weighted by Crippen LogP contribution is 2.48. The lowest BCUT2D eigenvalue weighted by molar-refractivity contribution is 1.18. The molecule has 0 spiro atoms. The number of fused-ring (bicyclic) bond motifs is 12. The van der Waals surface area contributed by atoms with Gasteiger partial charge in [0.1, 0.15) is 0 Å². The van der Waals surface area contributed by atoms with Crippen LogP contribution in [-0.2, 0) is 0 Å². The Morgan fingerprint density at radius 3 is 1.56 bits per heavy atom. The molecule has 0 aliphatic carbocycles. The molecule has 0 bridgehead atoms. The van der Waals surface area contributed by atoms with E-state index in [1.807, 2.05) is 34.8 Å². The van der Waals surface area contributed by atoms with Gasteiger partial charge in [0.05, 0.1) is 11.0 Å². The lowest BCUT2D eigenvalue weighted by Gasteiger charge is -2.18. The van der Waals surface area contributed by atoms with E-state index in [-0.39, 0.29) is 0 Å². The van der Waals surface area contributed by atoms with E-state index in [1.165, 1.54) is 134 Å². The normalized spacial score (nSPS) is 12.3. The van der Waals surface area contributed by atoms with Crippen LogP contribution in [0, 0.1) is 6.92 Å². The molecule has 10 aromatic carbocycles. The average molecular weight is 824 g/mol. The van der Waals surface area contributed by atoms with Gasteiger partial charge in [0.15, 0.2) is 0 Å². The fourth-order valence-corrected chi connectivity index (χ4v) is 12.6. The summed E-state index contributed by atoms with van der Waals surface area (Å²) in [6, 6.07) is 66.0. The summed E-state index contributed by atoms with van der Waals surface area (Å²) in [5.74, 6) is 0. The van der Waals surface area contributed by atoms with Crippen molar-refractivity contribution >= 4 is 123 Å². The van der Waals surface area contributed by atoms with E-state index in [1.54, 1.807) is 0 Å². The topological polar surface area (TPSA) is 4.93 Å². The van der Waals surface area contributed by atoms with Crippen LogP contribution in [0.4, 0.5) is 0 Å². The van der Waals surface area contributed by atoms with E-state index in [4.69, 9.17) is 0 Å². The van der Waals surface area contributed by atoms with Gasteiger partial charge in [-0.2, -0.15) is 0 Å². The van der Waals surface area contributed by atoms with Crippen molar-refractivity contribution in [2.24, 2.45) is 0 Å². The van der Waals surface area contributed by atoms with Crippen molar-refractivity contribution in [3.8, 4) is 27.9 Å². The summed E-state index contributed by atoms with van der Waals surface area (Å²) in [7, 11) is 0. The molecule has 62 heavy (non-hydrogen) atoms. The van der Waals surface area contributed by atoms with Gasteiger partial charge in [-0.05, 0) is 127 Å². The van der Waals surface area contributed by atoms with Crippen molar-refractivity contribution in [2.75, 3.05) is 0 Å². The van der Waals surface area contributed by atoms with Crippen LogP contribution in [0.1, 0.15) is 11.1 Å². The van der Waals surface area contributed by atoms with Gasteiger partial charge < -0.3 is 4.57 Å². The minimum atomic E-state index is 1.18. The van der Waals surface area contributed by atoms with E-state index < -0.39 is 0 Å². The third-order valence-electron chi connectivity index (χ3n) is 13.1. The van der Waals surface area contributed by atoms with Crippen molar-refractivity contribution in [3.63, 3.8) is 0 Å². The summed E-state index contributed by atoms with van der Waals surface area (Å²) < 4.78 is 7.66. The van der Waals surface area contributed by atoms with Crippen molar-refractivity contribution in [2.45, 2.75) is 6.92 Å². The summed E-state index contributed by atoms with van der Waals surface area (Å²) in [6.07, 6.45) is 6.00. The van der Waals surface area contributed by atoms with Gasteiger partial charge in [0, 0.05) is 56.8 Å². The first-order valence-corrected chi connectivity index (χ1v) is 22.8. The molecular formula is C59H37NS2. The van der Waals surface area contributed by atoms with Crippen LogP contribution >= 0.6 is 22.7 Å². The Hall–Kier alpha value is -7.30. The molecular weight excluding hydrogens is 787 g/mol. The number of rotatable bonds is 5. The zero-order chi connectivity index (χ0) is 41.1. The quantitative estimate of drug-likeness (QED) is 0.120. The van der Waals surface area contributed by atoms with Crippen LogP contribution < -0.4 is 0 Å². The second kappa shape index (κ2) is 13.6. The third-order valence-corrected chi connectivity index (χ3v) is 15.4. The number of thiophene rings is 2. The van der Waals surface area contributed by atoms with Gasteiger partial charge in [-0.15, -0.1) is 22.7 Å². The maximum atomic E-state index is 3.87. The maximum absolute atomic E-state index is 3.87. The zero-order valence-electron chi connectivity index (χ0n) is 33.9. The summed E-state index contributed by atoms with van der Waals surface area (Å²) in [5, 5.41) is 15.5. The molecule has 0 saturated carbocycles. The van der Waals surface area contributed by atoms with Crippen molar-refractivity contribution in [1.29, 1.82) is 0 Å². The number of benzene rings is 10. The van der Waals surface area contributed by atoms with Crippen LogP contribution in [0.2, 0.25) is 0 Å². The highest BCUT2D eigenvalue weighted by Gasteiger charge is 2.20. The minimum Gasteiger partial charge on any atom is -0.309 e. The standard InChI is InChI=1S/C59H37NS2/c1-3-4-14-36-23-24-37-29-56-50(32-48(37)35(36)2)42-27-25-38(30-54(42)61-56)58-44-18-8-10-20-46(44)59(47-21-11-9-19-45(47)58)39-26-28-43-51-33-49-41-17-12-13-22-52(41)60(40-15-6-5-7-16-40)53(49)34-57(51)62-55(43)31-39/h3-34H,1H2,2H3/b14-4-. The van der Waals surface area contributed by atoms with Crippen LogP contribution in [0.15, 0.2) is 195 Å². The Balaban J connectivity index is 0.985. The predicted octanol–water partition coefficient (Wildman–Crippen LogP) is 17.8. The molecule has 13 aromatic rings. The molecule has 0 fully saturated rings. The highest BCUT2D eigenvalue weighted by molar-refractivity contribution is 7.26. The Bertz CT molecular complexity index is 4000. The lowest BCUT2D eigenvalue weighted by atomic mass is 9.86. The fourth-order valence-electron chi connectivity index (χ4n) is 10.3. The Kier molecular flexibility index (Phi) is 7.78. The number of nitrogens with zero attached hydrogens (tertiary/aromatic N) is 1. The number of hydrogen-bond acceptors (Lipinski definition) is 2. The van der Waals surface area contributed by atoms with Gasteiger partial charge in [0.25, 0.3) is 0 Å². The van der Waals surface area contributed by atoms with Gasteiger partial charge >= 0.3 is 0 Å². The van der Waals surface area contributed by atoms with Gasteiger partial charge in [0.2, 0.25) is 0 Å². The zero-order valence-corrected chi connectivity index (χ0v) is 35.6. The molecule has 0 radical (unpaired) electrons. The first-order chi connectivity index (χ1) is 30.6. The van der Waals surface area contributed by atoms with Crippen LogP contribution in [0.3, 0.4) is 0 Å². The first kappa shape index (κ1) is 35.5. The summed E-state index contributed by atoms with van der Waals surface area (Å²) in [4.78, 5) is 0. The molecule has 0 aliphatic rings. The van der Waals surface area contributed by atoms with Crippen molar-refractivity contribution < 1.29 is 0 Å². The first-order valence-electron chi connectivity index (χ1n) is 21.2. The molecule has 1 nitrogen and oxygen atoms in total. The van der Waals surface area contributed by atoms with Crippen LogP contribution in [-0.4, -0.2) is 4.57 Å². The number of allylic oxidation sites excluding steroid dienone is 2. The molecule has 0 amide bonds. The Morgan fingerprint density at radius 2 is 0.952 bits per heavy atom. The lowest BCUT2D eigenvalue weighted by Crippen LogP contribution is -1.92. The second-order valence-corrected chi connectivity index (χ2v) is 18.6. The molecule has 290 valence electrons. The SMILES string of the molecule is C=C/C=C\c1ccc2cc3sc4cc(-c5c6ccccc6c(-c6ccc7c(c6)sc6cc8c(cc67)c6ccccc6n8-c6ccccc6)c6ccccc56)ccc4c3cc2c1C. The van der Waals surface area contributed by atoms with Crippen molar-refractivity contribution in [3.05, 3.63) is 206 Å². The van der Waals surface area contributed by atoms with Crippen molar-refractivity contribution in [1.82, 2.24) is 4.57 Å². The average Bonchev–Trinajstić information content (AvgIpc) is 3.97. The molecule has 0 unspecified atom stereocenters. The molecule has 0 N–H and O–H groups in total. The Labute approximate surface area is 366 Å². The van der Waals surface area contributed by atoms with Gasteiger partial charge in [-0.1, -0.05) is 146 Å². The second-order valence-electron chi connectivity index (χ2n) is 16.5. The molecule has 0 atom stereocenters. The van der Waals surface area contributed by atoms with Gasteiger partial charge in [-0.3, -0.25) is 0 Å². The third kappa shape index (κ3) is 5.19.